The number of hydrogen-bond acceptors (Lipinski definition) is 7. The lowest BCUT2D eigenvalue weighted by Gasteiger charge is -2.42. The highest BCUT2D eigenvalue weighted by Crippen LogP contribution is 2.28. The summed E-state index contributed by atoms with van der Waals surface area (Å²) in [6.07, 6.45) is -4.84. The van der Waals surface area contributed by atoms with E-state index in [2.05, 4.69) is 0 Å². The maximum atomic E-state index is 10.3. The number of hydrogen-bond donors (Lipinski definition) is 4. The van der Waals surface area contributed by atoms with Crippen LogP contribution in [-0.4, -0.2) is 63.8 Å². The summed E-state index contributed by atoms with van der Waals surface area (Å²) in [6, 6.07) is 5.96. The van der Waals surface area contributed by atoms with Crippen LogP contribution in [0.25, 0.3) is 0 Å². The molecule has 0 spiro atoms. The number of phenolic OH excluding ortho intramolecular Hbond substituents is 1. The van der Waals surface area contributed by atoms with E-state index in [0.29, 0.717) is 5.75 Å². The van der Waals surface area contributed by atoms with Gasteiger partial charge in [-0.3, -0.25) is 0 Å². The zero-order valence-corrected chi connectivity index (χ0v) is 13.2. The van der Waals surface area contributed by atoms with E-state index in [1.807, 2.05) is 13.8 Å². The van der Waals surface area contributed by atoms with E-state index in [0.717, 1.165) is 6.42 Å². The maximum absolute atomic E-state index is 10.3. The van der Waals surface area contributed by atoms with E-state index in [1.54, 1.807) is 0 Å². The molecule has 0 amide bonds. The van der Waals surface area contributed by atoms with Crippen molar-refractivity contribution in [1.29, 1.82) is 0 Å². The van der Waals surface area contributed by atoms with Gasteiger partial charge in [0.05, 0.1) is 12.7 Å². The van der Waals surface area contributed by atoms with Gasteiger partial charge in [0.2, 0.25) is 0 Å². The van der Waals surface area contributed by atoms with Gasteiger partial charge in [0.15, 0.2) is 12.4 Å². The van der Waals surface area contributed by atoms with E-state index in [4.69, 9.17) is 14.2 Å². The summed E-state index contributed by atoms with van der Waals surface area (Å²) in [5.74, 6) is 0.480. The van der Waals surface area contributed by atoms with Gasteiger partial charge in [-0.25, -0.2) is 0 Å². The summed E-state index contributed by atoms with van der Waals surface area (Å²) < 4.78 is 17.0. The van der Waals surface area contributed by atoms with E-state index in [-0.39, 0.29) is 11.9 Å². The Kier molecular flexibility index (Phi) is 6.20. The zero-order valence-electron chi connectivity index (χ0n) is 13.2. The number of benzene rings is 1. The SMILES string of the molecule is CC[C@@H](C)O[C@@H]1O[C@H](CO)[C@@H](O)[C@H](O)[C@H]1Oc1ccc(O)cc1. The quantitative estimate of drug-likeness (QED) is 0.598. The van der Waals surface area contributed by atoms with Gasteiger partial charge in [-0.2, -0.15) is 0 Å². The lowest BCUT2D eigenvalue weighted by atomic mass is 9.99. The molecule has 1 aliphatic heterocycles. The Morgan fingerprint density at radius 2 is 1.83 bits per heavy atom. The molecule has 4 N–H and O–H groups in total. The molecule has 0 unspecified atom stereocenters. The molecule has 1 aromatic rings. The average Bonchev–Trinajstić information content (AvgIpc) is 2.55. The Morgan fingerprint density at radius 1 is 1.17 bits per heavy atom. The number of phenols is 1. The highest BCUT2D eigenvalue weighted by Gasteiger charge is 2.46. The van der Waals surface area contributed by atoms with Crippen LogP contribution in [-0.2, 0) is 9.47 Å². The van der Waals surface area contributed by atoms with Gasteiger partial charge in [0.1, 0.15) is 29.8 Å². The molecule has 1 saturated heterocycles. The third-order valence-electron chi connectivity index (χ3n) is 3.87. The van der Waals surface area contributed by atoms with Crippen LogP contribution in [0.4, 0.5) is 0 Å². The molecule has 1 fully saturated rings. The van der Waals surface area contributed by atoms with Crippen LogP contribution < -0.4 is 4.74 Å². The molecule has 7 nitrogen and oxygen atoms in total. The Bertz CT molecular complexity index is 478. The maximum Gasteiger partial charge on any atom is 0.198 e. The molecule has 7 heteroatoms. The second-order valence-corrected chi connectivity index (χ2v) is 5.64. The van der Waals surface area contributed by atoms with Crippen molar-refractivity contribution in [2.75, 3.05) is 6.61 Å². The van der Waals surface area contributed by atoms with Gasteiger partial charge in [-0.1, -0.05) is 6.92 Å². The third-order valence-corrected chi connectivity index (χ3v) is 3.87. The average molecular weight is 328 g/mol. The second-order valence-electron chi connectivity index (χ2n) is 5.64. The fourth-order valence-corrected chi connectivity index (χ4v) is 2.30. The normalized spacial score (nSPS) is 32.5. The molecule has 0 aliphatic carbocycles. The first-order chi connectivity index (χ1) is 11.0. The van der Waals surface area contributed by atoms with E-state index in [9.17, 15) is 20.4 Å². The number of ether oxygens (including phenoxy) is 3. The molecule has 1 heterocycles. The number of rotatable bonds is 6. The monoisotopic (exact) mass is 328 g/mol. The van der Waals surface area contributed by atoms with Crippen LogP contribution in [0, 0.1) is 0 Å². The first kappa shape index (κ1) is 18.0. The zero-order chi connectivity index (χ0) is 17.0. The minimum absolute atomic E-state index is 0.0885. The Hall–Kier alpha value is -1.38. The van der Waals surface area contributed by atoms with Crippen LogP contribution in [0.1, 0.15) is 20.3 Å². The summed E-state index contributed by atoms with van der Waals surface area (Å²) in [4.78, 5) is 0. The van der Waals surface area contributed by atoms with Crippen LogP contribution in [0.3, 0.4) is 0 Å². The van der Waals surface area contributed by atoms with Crippen molar-refractivity contribution in [3.8, 4) is 11.5 Å². The lowest BCUT2D eigenvalue weighted by molar-refractivity contribution is -0.304. The predicted molar refractivity (Wildman–Crippen MR) is 81.1 cm³/mol. The first-order valence-electron chi connectivity index (χ1n) is 7.69. The molecule has 130 valence electrons. The standard InChI is InChI=1S/C16H24O7/c1-3-9(2)21-16-15(14(20)13(19)12(8-17)23-16)22-11-6-4-10(18)5-7-11/h4-7,9,12-20H,3,8H2,1-2H3/t9-,12-,13-,14+,15-,16-/m1/s1. The highest BCUT2D eigenvalue weighted by atomic mass is 16.7. The van der Waals surface area contributed by atoms with Crippen molar-refractivity contribution in [2.24, 2.45) is 0 Å². The molecule has 6 atom stereocenters. The third kappa shape index (κ3) is 4.33. The van der Waals surface area contributed by atoms with Crippen molar-refractivity contribution in [1.82, 2.24) is 0 Å². The molecule has 0 saturated carbocycles. The van der Waals surface area contributed by atoms with Crippen molar-refractivity contribution in [3.05, 3.63) is 24.3 Å². The van der Waals surface area contributed by atoms with E-state index >= 15 is 0 Å². The first-order valence-corrected chi connectivity index (χ1v) is 7.69. The largest absolute Gasteiger partial charge is 0.508 e. The van der Waals surface area contributed by atoms with E-state index < -0.39 is 37.3 Å². The van der Waals surface area contributed by atoms with Crippen molar-refractivity contribution in [2.45, 2.75) is 57.1 Å². The van der Waals surface area contributed by atoms with Crippen LogP contribution in [0.2, 0.25) is 0 Å². The smallest absolute Gasteiger partial charge is 0.198 e. The van der Waals surface area contributed by atoms with Crippen molar-refractivity contribution in [3.63, 3.8) is 0 Å². The minimum atomic E-state index is -1.29. The Labute approximate surface area is 135 Å². The number of aliphatic hydroxyl groups excluding tert-OH is 3. The van der Waals surface area contributed by atoms with Gasteiger partial charge in [0.25, 0.3) is 0 Å². The molecule has 1 aromatic carbocycles. The Balaban J connectivity index is 2.17. The van der Waals surface area contributed by atoms with Crippen LogP contribution in [0.5, 0.6) is 11.5 Å². The summed E-state index contributed by atoms with van der Waals surface area (Å²) in [5, 5.41) is 38.9. The van der Waals surface area contributed by atoms with Gasteiger partial charge in [-0.15, -0.1) is 0 Å². The highest BCUT2D eigenvalue weighted by molar-refractivity contribution is 5.30. The molecule has 2 rings (SSSR count). The van der Waals surface area contributed by atoms with Gasteiger partial charge in [-0.05, 0) is 37.6 Å². The summed E-state index contributed by atoms with van der Waals surface area (Å²) >= 11 is 0. The fraction of sp³-hybridized carbons (Fsp3) is 0.625. The molecular formula is C16H24O7. The van der Waals surface area contributed by atoms with Gasteiger partial charge < -0.3 is 34.6 Å². The summed E-state index contributed by atoms with van der Waals surface area (Å²) in [7, 11) is 0. The minimum Gasteiger partial charge on any atom is -0.508 e. The lowest BCUT2D eigenvalue weighted by Crippen LogP contribution is -2.61. The molecule has 0 bridgehead atoms. The van der Waals surface area contributed by atoms with Crippen molar-refractivity contribution < 1.29 is 34.6 Å². The summed E-state index contributed by atoms with van der Waals surface area (Å²) in [5.41, 5.74) is 0. The van der Waals surface area contributed by atoms with Crippen LogP contribution >= 0.6 is 0 Å². The van der Waals surface area contributed by atoms with Crippen LogP contribution in [0.15, 0.2) is 24.3 Å². The Morgan fingerprint density at radius 3 is 2.39 bits per heavy atom. The van der Waals surface area contributed by atoms with Gasteiger partial charge >= 0.3 is 0 Å². The molecule has 1 aliphatic rings. The van der Waals surface area contributed by atoms with Gasteiger partial charge in [0, 0.05) is 0 Å². The second kappa shape index (κ2) is 7.94. The molecular weight excluding hydrogens is 304 g/mol. The molecule has 0 aromatic heterocycles. The van der Waals surface area contributed by atoms with E-state index in [1.165, 1.54) is 24.3 Å². The van der Waals surface area contributed by atoms with Crippen molar-refractivity contribution >= 4 is 0 Å². The number of aromatic hydroxyl groups is 1. The molecule has 0 radical (unpaired) electrons. The topological polar surface area (TPSA) is 109 Å². The predicted octanol–water partition coefficient (Wildman–Crippen LogP) is 0.394. The summed E-state index contributed by atoms with van der Waals surface area (Å²) in [6.45, 7) is 3.36. The number of aliphatic hydroxyl groups is 3. The molecule has 23 heavy (non-hydrogen) atoms. The fourth-order valence-electron chi connectivity index (χ4n) is 2.30.